The van der Waals surface area contributed by atoms with Gasteiger partial charge in [0.15, 0.2) is 0 Å². The summed E-state index contributed by atoms with van der Waals surface area (Å²) in [6.45, 7) is 3.91. The number of nitrogens with one attached hydrogen (secondary N) is 1. The number of likely N-dealkylation sites (N-methyl/N-ethyl adjacent to an activating group) is 1. The molecule has 6 nitrogen and oxygen atoms in total. The molecule has 1 heterocycles. The number of amides is 2. The smallest absolute Gasteiger partial charge is 0.371 e. The van der Waals surface area contributed by atoms with Crippen LogP contribution in [0.2, 0.25) is 5.02 Å². The number of anilines is 1. The maximum absolute atomic E-state index is 13.9. The molecule has 2 aromatic rings. The Morgan fingerprint density at radius 2 is 1.77 bits per heavy atom. The number of carbonyl (C=O) groups is 2. The second-order valence-electron chi connectivity index (χ2n) is 11.6. The van der Waals surface area contributed by atoms with Gasteiger partial charge in [-0.3, -0.25) is 9.59 Å². The molecule has 3 aliphatic rings. The first-order valence-electron chi connectivity index (χ1n) is 13.8. The van der Waals surface area contributed by atoms with Crippen molar-refractivity contribution in [3.05, 3.63) is 64.7 Å². The number of piperidine rings is 1. The van der Waals surface area contributed by atoms with E-state index in [0.29, 0.717) is 22.9 Å². The Hall–Kier alpha value is -2.78. The zero-order valence-corrected chi connectivity index (χ0v) is 23.4. The van der Waals surface area contributed by atoms with Gasteiger partial charge in [0.25, 0.3) is 17.4 Å². The standard InChI is InChI=1S/C30H35ClF3N3O3/c1-19-24(12-15-36(2)27(39)29(40,30(32,33)34)20-6-4-3-5-7-20)28(19)13-16-37(17-14-28)22-10-11-23(25(31)18-22)26(38)35-21-8-9-21/h3-7,10-11,18-19,21,24,40H,8-9,12-17H2,1-2H3,(H,35,38)/t19-,24+,29?/m0/s1. The number of alkyl halides is 3. The molecule has 216 valence electrons. The Labute approximate surface area is 237 Å². The molecule has 3 fully saturated rings. The Morgan fingerprint density at radius 3 is 2.35 bits per heavy atom. The lowest BCUT2D eigenvalue weighted by Gasteiger charge is -2.36. The van der Waals surface area contributed by atoms with Gasteiger partial charge in [-0.2, -0.15) is 13.2 Å². The first kappa shape index (κ1) is 28.7. The molecular weight excluding hydrogens is 543 g/mol. The van der Waals surface area contributed by atoms with Crippen LogP contribution in [0.15, 0.2) is 48.5 Å². The van der Waals surface area contributed by atoms with Crippen LogP contribution in [0.1, 0.15) is 54.9 Å². The molecule has 10 heteroatoms. The highest BCUT2D eigenvalue weighted by atomic mass is 35.5. The third-order valence-corrected chi connectivity index (χ3v) is 9.66. The number of nitrogens with zero attached hydrogens (tertiary/aromatic N) is 2. The van der Waals surface area contributed by atoms with Crippen molar-refractivity contribution < 1.29 is 27.9 Å². The molecule has 2 saturated carbocycles. The number of hydrogen-bond donors (Lipinski definition) is 2. The fourth-order valence-electron chi connectivity index (χ4n) is 6.52. The lowest BCUT2D eigenvalue weighted by Crippen LogP contribution is -2.55. The number of hydrogen-bond acceptors (Lipinski definition) is 4. The summed E-state index contributed by atoms with van der Waals surface area (Å²) in [7, 11) is 1.32. The molecule has 1 saturated heterocycles. The zero-order valence-electron chi connectivity index (χ0n) is 22.7. The van der Waals surface area contributed by atoms with Gasteiger partial charge in [0, 0.05) is 44.0 Å². The van der Waals surface area contributed by atoms with E-state index in [1.165, 1.54) is 25.2 Å². The topological polar surface area (TPSA) is 72.9 Å². The van der Waals surface area contributed by atoms with E-state index in [4.69, 9.17) is 11.6 Å². The van der Waals surface area contributed by atoms with E-state index in [-0.39, 0.29) is 29.8 Å². The highest BCUT2D eigenvalue weighted by Gasteiger charge is 2.63. The molecule has 5 rings (SSSR count). The summed E-state index contributed by atoms with van der Waals surface area (Å²) in [5.41, 5.74) is -2.54. The normalized spacial score (nSPS) is 23.4. The minimum atomic E-state index is -5.15. The predicted octanol–water partition coefficient (Wildman–Crippen LogP) is 5.38. The molecule has 2 amide bonds. The molecule has 3 atom stereocenters. The maximum Gasteiger partial charge on any atom is 0.430 e. The Balaban J connectivity index is 1.17. The molecular formula is C30H35ClF3N3O3. The predicted molar refractivity (Wildman–Crippen MR) is 147 cm³/mol. The van der Waals surface area contributed by atoms with Crippen LogP contribution in [0.25, 0.3) is 0 Å². The zero-order chi connectivity index (χ0) is 28.9. The van der Waals surface area contributed by atoms with Gasteiger partial charge < -0.3 is 20.2 Å². The fourth-order valence-corrected chi connectivity index (χ4v) is 6.78. The number of carbonyl (C=O) groups excluding carboxylic acids is 2. The maximum atomic E-state index is 13.9. The van der Waals surface area contributed by atoms with Crippen molar-refractivity contribution in [2.24, 2.45) is 17.3 Å². The van der Waals surface area contributed by atoms with Crippen LogP contribution in [0, 0.1) is 17.3 Å². The molecule has 1 spiro atoms. The molecule has 2 N–H and O–H groups in total. The van der Waals surface area contributed by atoms with Gasteiger partial charge in [-0.25, -0.2) is 0 Å². The third-order valence-electron chi connectivity index (χ3n) is 9.34. The van der Waals surface area contributed by atoms with Crippen LogP contribution in [0.3, 0.4) is 0 Å². The van der Waals surface area contributed by atoms with Crippen LogP contribution in [-0.4, -0.2) is 60.7 Å². The van der Waals surface area contributed by atoms with Crippen LogP contribution < -0.4 is 10.2 Å². The number of aliphatic hydroxyl groups is 1. The van der Waals surface area contributed by atoms with Crippen molar-refractivity contribution in [1.82, 2.24) is 10.2 Å². The first-order chi connectivity index (χ1) is 18.9. The van der Waals surface area contributed by atoms with Gasteiger partial charge in [-0.1, -0.05) is 48.9 Å². The van der Waals surface area contributed by atoms with E-state index in [2.05, 4.69) is 17.1 Å². The molecule has 1 unspecified atom stereocenters. The van der Waals surface area contributed by atoms with Crippen molar-refractivity contribution in [1.29, 1.82) is 0 Å². The quantitative estimate of drug-likeness (QED) is 0.442. The van der Waals surface area contributed by atoms with Crippen molar-refractivity contribution in [2.45, 2.75) is 56.8 Å². The van der Waals surface area contributed by atoms with Crippen molar-refractivity contribution >= 4 is 29.1 Å². The van der Waals surface area contributed by atoms with Crippen molar-refractivity contribution in [3.8, 4) is 0 Å². The average molecular weight is 578 g/mol. The van der Waals surface area contributed by atoms with Crippen LogP contribution >= 0.6 is 11.6 Å². The van der Waals surface area contributed by atoms with E-state index >= 15 is 0 Å². The minimum Gasteiger partial charge on any atom is -0.371 e. The lowest BCUT2D eigenvalue weighted by atomic mass is 9.88. The summed E-state index contributed by atoms with van der Waals surface area (Å²) >= 11 is 6.45. The van der Waals surface area contributed by atoms with Crippen LogP contribution in [-0.2, 0) is 10.4 Å². The van der Waals surface area contributed by atoms with Crippen molar-refractivity contribution in [2.75, 3.05) is 31.6 Å². The summed E-state index contributed by atoms with van der Waals surface area (Å²) < 4.78 is 41.8. The SMILES string of the molecule is C[C@H]1[C@@H](CCN(C)C(=O)C(O)(c2ccccc2)C(F)(F)F)C12CCN(c1ccc(C(=O)NC3CC3)c(Cl)c1)CC2. The van der Waals surface area contributed by atoms with E-state index in [1.807, 2.05) is 12.1 Å². The highest BCUT2D eigenvalue weighted by Crippen LogP contribution is 2.66. The van der Waals surface area contributed by atoms with Crippen LogP contribution in [0.4, 0.5) is 18.9 Å². The summed E-state index contributed by atoms with van der Waals surface area (Å²) in [6.07, 6.45) is -0.715. The monoisotopic (exact) mass is 577 g/mol. The number of rotatable bonds is 8. The number of halogens is 4. The van der Waals surface area contributed by atoms with E-state index in [9.17, 15) is 27.9 Å². The average Bonchev–Trinajstić information content (AvgIpc) is 3.84. The largest absolute Gasteiger partial charge is 0.430 e. The molecule has 0 radical (unpaired) electrons. The van der Waals surface area contributed by atoms with Gasteiger partial charge in [0.05, 0.1) is 10.6 Å². The molecule has 2 aliphatic carbocycles. The third kappa shape index (κ3) is 5.18. The van der Waals surface area contributed by atoms with Crippen LogP contribution in [0.5, 0.6) is 0 Å². The Morgan fingerprint density at radius 1 is 1.12 bits per heavy atom. The van der Waals surface area contributed by atoms with Gasteiger partial charge in [-0.05, 0) is 67.6 Å². The molecule has 1 aliphatic heterocycles. The summed E-state index contributed by atoms with van der Waals surface area (Å²) in [5, 5.41) is 14.0. The summed E-state index contributed by atoms with van der Waals surface area (Å²) in [4.78, 5) is 28.6. The summed E-state index contributed by atoms with van der Waals surface area (Å²) in [6, 6.07) is 12.3. The van der Waals surface area contributed by atoms with E-state index in [0.717, 1.165) is 61.5 Å². The highest BCUT2D eigenvalue weighted by molar-refractivity contribution is 6.34. The molecule has 2 aromatic carbocycles. The van der Waals surface area contributed by atoms with Crippen molar-refractivity contribution in [3.63, 3.8) is 0 Å². The molecule has 0 aromatic heterocycles. The van der Waals surface area contributed by atoms with Gasteiger partial charge in [0.2, 0.25) is 0 Å². The minimum absolute atomic E-state index is 0.0913. The molecule has 40 heavy (non-hydrogen) atoms. The second kappa shape index (κ2) is 10.6. The first-order valence-corrected chi connectivity index (χ1v) is 14.2. The van der Waals surface area contributed by atoms with Gasteiger partial charge in [0.1, 0.15) is 0 Å². The second-order valence-corrected chi connectivity index (χ2v) is 12.0. The Kier molecular flexibility index (Phi) is 7.59. The Bertz CT molecular complexity index is 1260. The lowest BCUT2D eigenvalue weighted by molar-refractivity contribution is -0.261. The van der Waals surface area contributed by atoms with Gasteiger partial charge >= 0.3 is 6.18 Å². The van der Waals surface area contributed by atoms with E-state index < -0.39 is 23.2 Å². The summed E-state index contributed by atoms with van der Waals surface area (Å²) in [5.74, 6) is -0.828. The number of benzene rings is 2. The molecule has 0 bridgehead atoms. The fraction of sp³-hybridized carbons (Fsp3) is 0.533. The van der Waals surface area contributed by atoms with Gasteiger partial charge in [-0.15, -0.1) is 0 Å². The van der Waals surface area contributed by atoms with E-state index in [1.54, 1.807) is 6.07 Å².